The Morgan fingerprint density at radius 1 is 1.36 bits per heavy atom. The highest BCUT2D eigenvalue weighted by molar-refractivity contribution is 6.53. The predicted octanol–water partition coefficient (Wildman–Crippen LogP) is 3.42. The molecule has 1 amide bonds. The Morgan fingerprint density at radius 2 is 1.95 bits per heavy atom. The molecule has 0 spiro atoms. The first kappa shape index (κ1) is 17.0. The third kappa shape index (κ3) is 3.17. The van der Waals surface area contributed by atoms with Crippen LogP contribution < -0.4 is 5.32 Å². The van der Waals surface area contributed by atoms with Crippen LogP contribution in [0.4, 0.5) is 14.5 Å². The van der Waals surface area contributed by atoms with Crippen LogP contribution in [0.25, 0.3) is 0 Å². The summed E-state index contributed by atoms with van der Waals surface area (Å²) in [6.07, 6.45) is -0.957. The van der Waals surface area contributed by atoms with E-state index in [2.05, 4.69) is 5.32 Å². The van der Waals surface area contributed by atoms with Crippen LogP contribution in [0.15, 0.2) is 18.2 Å². The van der Waals surface area contributed by atoms with E-state index in [-0.39, 0.29) is 12.1 Å². The number of alkyl halides is 2. The zero-order valence-corrected chi connectivity index (χ0v) is 13.3. The topological polar surface area (TPSA) is 55.4 Å². The average Bonchev–Trinajstić information content (AvgIpc) is 2.93. The van der Waals surface area contributed by atoms with Crippen molar-refractivity contribution in [3.63, 3.8) is 0 Å². The van der Waals surface area contributed by atoms with Crippen molar-refractivity contribution in [2.24, 2.45) is 5.41 Å². The maximum Gasteiger partial charge on any atom is 0.315 e. The Bertz CT molecular complexity index is 639. The summed E-state index contributed by atoms with van der Waals surface area (Å²) in [6, 6.07) is 2.70. The number of amides is 1. The SMILES string of the molecule is CC(OC(=O)C1(C)CC1(Cl)Cl)C(=O)Nc1ccc(F)cc1F. The minimum absolute atomic E-state index is 0.212. The van der Waals surface area contributed by atoms with Crippen molar-refractivity contribution in [2.45, 2.75) is 30.7 Å². The van der Waals surface area contributed by atoms with Crippen LogP contribution in [0, 0.1) is 17.0 Å². The first-order valence-corrected chi connectivity index (χ1v) is 7.17. The van der Waals surface area contributed by atoms with Crippen LogP contribution in [-0.4, -0.2) is 22.3 Å². The summed E-state index contributed by atoms with van der Waals surface area (Å²) >= 11 is 11.7. The fourth-order valence-electron chi connectivity index (χ4n) is 1.79. The summed E-state index contributed by atoms with van der Waals surface area (Å²) in [4.78, 5) is 23.8. The molecule has 2 rings (SSSR count). The van der Waals surface area contributed by atoms with Crippen LogP contribution in [0.2, 0.25) is 0 Å². The number of esters is 1. The number of anilines is 1. The van der Waals surface area contributed by atoms with E-state index in [1.807, 2.05) is 0 Å². The van der Waals surface area contributed by atoms with E-state index in [9.17, 15) is 18.4 Å². The maximum absolute atomic E-state index is 13.4. The molecule has 1 aliphatic carbocycles. The number of halogens is 4. The van der Waals surface area contributed by atoms with E-state index >= 15 is 0 Å². The molecule has 2 unspecified atom stereocenters. The summed E-state index contributed by atoms with van der Waals surface area (Å²) in [5, 5.41) is 2.21. The summed E-state index contributed by atoms with van der Waals surface area (Å²) in [5.41, 5.74) is -1.28. The smallest absolute Gasteiger partial charge is 0.315 e. The number of nitrogens with one attached hydrogen (secondary N) is 1. The molecule has 0 heterocycles. The van der Waals surface area contributed by atoms with Crippen LogP contribution in [0.5, 0.6) is 0 Å². The molecule has 0 saturated heterocycles. The van der Waals surface area contributed by atoms with Gasteiger partial charge in [-0.2, -0.15) is 0 Å². The third-order valence-corrected chi connectivity index (χ3v) is 4.65. The molecule has 4 nitrogen and oxygen atoms in total. The summed E-state index contributed by atoms with van der Waals surface area (Å²) in [7, 11) is 0. The number of carbonyl (C=O) groups excluding carboxylic acids is 2. The lowest BCUT2D eigenvalue weighted by Crippen LogP contribution is -2.33. The van der Waals surface area contributed by atoms with Gasteiger partial charge >= 0.3 is 5.97 Å². The van der Waals surface area contributed by atoms with Gasteiger partial charge in [0.25, 0.3) is 5.91 Å². The second-order valence-electron chi connectivity index (χ2n) is 5.37. The van der Waals surface area contributed by atoms with Gasteiger partial charge in [-0.1, -0.05) is 0 Å². The second kappa shape index (κ2) is 5.66. The normalized spacial score (nSPS) is 23.5. The highest BCUT2D eigenvalue weighted by Crippen LogP contribution is 2.64. The molecule has 1 aromatic carbocycles. The van der Waals surface area contributed by atoms with E-state index < -0.39 is 39.4 Å². The quantitative estimate of drug-likeness (QED) is 0.667. The molecule has 2 atom stereocenters. The first-order valence-electron chi connectivity index (χ1n) is 6.42. The highest BCUT2D eigenvalue weighted by Gasteiger charge is 2.69. The highest BCUT2D eigenvalue weighted by atomic mass is 35.5. The third-order valence-electron chi connectivity index (χ3n) is 3.55. The Balaban J connectivity index is 1.97. The van der Waals surface area contributed by atoms with Gasteiger partial charge in [-0.25, -0.2) is 8.78 Å². The molecule has 1 saturated carbocycles. The van der Waals surface area contributed by atoms with E-state index in [1.165, 1.54) is 13.8 Å². The number of ether oxygens (including phenoxy) is 1. The fourth-order valence-corrected chi connectivity index (χ4v) is 2.48. The molecule has 120 valence electrons. The van der Waals surface area contributed by atoms with Gasteiger partial charge in [0.15, 0.2) is 6.10 Å². The molecule has 1 aromatic rings. The van der Waals surface area contributed by atoms with Gasteiger partial charge in [0, 0.05) is 12.5 Å². The fraction of sp³-hybridized carbons (Fsp3) is 0.429. The maximum atomic E-state index is 13.4. The van der Waals surface area contributed by atoms with Gasteiger partial charge in [-0.15, -0.1) is 23.2 Å². The lowest BCUT2D eigenvalue weighted by molar-refractivity contribution is -0.158. The van der Waals surface area contributed by atoms with Crippen molar-refractivity contribution < 1.29 is 23.1 Å². The van der Waals surface area contributed by atoms with Crippen LogP contribution >= 0.6 is 23.2 Å². The van der Waals surface area contributed by atoms with E-state index in [0.29, 0.717) is 6.07 Å². The van der Waals surface area contributed by atoms with E-state index in [0.717, 1.165) is 12.1 Å². The average molecular weight is 352 g/mol. The summed E-state index contributed by atoms with van der Waals surface area (Å²) in [5.74, 6) is -3.16. The lowest BCUT2D eigenvalue weighted by Gasteiger charge is -2.17. The zero-order valence-electron chi connectivity index (χ0n) is 11.8. The van der Waals surface area contributed by atoms with E-state index in [1.54, 1.807) is 0 Å². The van der Waals surface area contributed by atoms with Crippen molar-refractivity contribution in [3.8, 4) is 0 Å². The molecular formula is C14H13Cl2F2NO3. The Kier molecular flexibility index (Phi) is 4.37. The van der Waals surface area contributed by atoms with Gasteiger partial charge in [-0.3, -0.25) is 9.59 Å². The van der Waals surface area contributed by atoms with Crippen LogP contribution in [0.1, 0.15) is 20.3 Å². The summed E-state index contributed by atoms with van der Waals surface area (Å²) in [6.45, 7) is 2.85. The van der Waals surface area contributed by atoms with Crippen molar-refractivity contribution in [2.75, 3.05) is 5.32 Å². The number of hydrogen-bond acceptors (Lipinski definition) is 3. The number of rotatable bonds is 4. The van der Waals surface area contributed by atoms with Gasteiger partial charge < -0.3 is 10.1 Å². The molecule has 0 aromatic heterocycles. The molecule has 0 bridgehead atoms. The Labute approximate surface area is 135 Å². The van der Waals surface area contributed by atoms with Crippen molar-refractivity contribution in [3.05, 3.63) is 29.8 Å². The van der Waals surface area contributed by atoms with E-state index in [4.69, 9.17) is 27.9 Å². The molecular weight excluding hydrogens is 339 g/mol. The van der Waals surface area contributed by atoms with Gasteiger partial charge in [-0.05, 0) is 26.0 Å². The second-order valence-corrected chi connectivity index (χ2v) is 6.86. The van der Waals surface area contributed by atoms with Gasteiger partial charge in [0.05, 0.1) is 5.69 Å². The zero-order chi connectivity index (χ0) is 16.7. The predicted molar refractivity (Wildman–Crippen MR) is 77.7 cm³/mol. The van der Waals surface area contributed by atoms with Crippen LogP contribution in [0.3, 0.4) is 0 Å². The molecule has 22 heavy (non-hydrogen) atoms. The minimum Gasteiger partial charge on any atom is -0.452 e. The standard InChI is InChI=1S/C14H13Cl2F2NO3/c1-7(22-12(21)13(2)6-14(13,15)16)11(20)19-10-4-3-8(17)5-9(10)18/h3-5,7H,6H2,1-2H3,(H,19,20). The van der Waals surface area contributed by atoms with Gasteiger partial charge in [0.2, 0.25) is 0 Å². The molecule has 1 aliphatic rings. The minimum atomic E-state index is -1.21. The van der Waals surface area contributed by atoms with Crippen molar-refractivity contribution in [1.82, 2.24) is 0 Å². The number of hydrogen-bond donors (Lipinski definition) is 1. The number of benzene rings is 1. The molecule has 1 N–H and O–H groups in total. The largest absolute Gasteiger partial charge is 0.452 e. The summed E-state index contributed by atoms with van der Waals surface area (Å²) < 4.78 is 30.0. The molecule has 8 heteroatoms. The molecule has 0 radical (unpaired) electrons. The van der Waals surface area contributed by atoms with Crippen molar-refractivity contribution >= 4 is 40.8 Å². The first-order chi connectivity index (χ1) is 10.1. The lowest BCUT2D eigenvalue weighted by atomic mass is 10.1. The number of carbonyl (C=O) groups is 2. The monoisotopic (exact) mass is 351 g/mol. The Hall–Kier alpha value is -1.40. The van der Waals surface area contributed by atoms with Crippen LogP contribution in [-0.2, 0) is 14.3 Å². The molecule has 0 aliphatic heterocycles. The molecule has 1 fully saturated rings. The van der Waals surface area contributed by atoms with Crippen molar-refractivity contribution in [1.29, 1.82) is 0 Å². The van der Waals surface area contributed by atoms with Gasteiger partial charge in [0.1, 0.15) is 21.4 Å². The Morgan fingerprint density at radius 3 is 2.45 bits per heavy atom.